The van der Waals surface area contributed by atoms with Gasteiger partial charge in [0.25, 0.3) is 0 Å². The third-order valence-electron chi connectivity index (χ3n) is 3.53. The van der Waals surface area contributed by atoms with Gasteiger partial charge < -0.3 is 10.6 Å². The zero-order chi connectivity index (χ0) is 11.4. The fourth-order valence-corrected chi connectivity index (χ4v) is 2.75. The highest BCUT2D eigenvalue weighted by Crippen LogP contribution is 2.25. The van der Waals surface area contributed by atoms with Crippen molar-refractivity contribution in [2.24, 2.45) is 5.92 Å². The summed E-state index contributed by atoms with van der Waals surface area (Å²) in [5, 5.41) is 6.13. The minimum atomic E-state index is 0.0468. The molecule has 2 N–H and O–H groups in total. The molecule has 0 aromatic rings. The molecule has 4 heteroatoms. The topological polar surface area (TPSA) is 44.4 Å². The second kappa shape index (κ2) is 5.33. The predicted molar refractivity (Wildman–Crippen MR) is 62.8 cm³/mol. The Morgan fingerprint density at radius 3 is 3.25 bits per heavy atom. The van der Waals surface area contributed by atoms with Crippen molar-refractivity contribution in [3.8, 4) is 12.3 Å². The van der Waals surface area contributed by atoms with Crippen LogP contribution in [0.3, 0.4) is 0 Å². The van der Waals surface area contributed by atoms with E-state index in [0.717, 1.165) is 25.6 Å². The van der Waals surface area contributed by atoms with Crippen LogP contribution in [0.25, 0.3) is 0 Å². The van der Waals surface area contributed by atoms with Gasteiger partial charge in [0.2, 0.25) is 5.91 Å². The van der Waals surface area contributed by atoms with E-state index in [9.17, 15) is 4.79 Å². The summed E-state index contributed by atoms with van der Waals surface area (Å²) < 4.78 is 0. The first kappa shape index (κ1) is 11.4. The van der Waals surface area contributed by atoms with E-state index in [4.69, 9.17) is 6.42 Å². The number of carbonyl (C=O) groups is 1. The third kappa shape index (κ3) is 2.55. The summed E-state index contributed by atoms with van der Waals surface area (Å²) in [6.07, 6.45) is 7.60. The molecule has 0 radical (unpaired) electrons. The van der Waals surface area contributed by atoms with Gasteiger partial charge in [-0.25, -0.2) is 0 Å². The van der Waals surface area contributed by atoms with Gasteiger partial charge in [-0.05, 0) is 31.8 Å². The van der Waals surface area contributed by atoms with Crippen molar-refractivity contribution >= 4 is 5.91 Å². The smallest absolute Gasteiger partial charge is 0.234 e. The lowest BCUT2D eigenvalue weighted by Crippen LogP contribution is -2.49. The molecule has 0 aromatic heterocycles. The van der Waals surface area contributed by atoms with Crippen molar-refractivity contribution in [1.82, 2.24) is 15.5 Å². The molecule has 2 aliphatic rings. The largest absolute Gasteiger partial charge is 0.344 e. The fraction of sp³-hybridized carbons (Fsp3) is 0.750. The van der Waals surface area contributed by atoms with Gasteiger partial charge in [0, 0.05) is 12.6 Å². The van der Waals surface area contributed by atoms with Crippen LogP contribution in [0.15, 0.2) is 0 Å². The Hall–Kier alpha value is -1.05. The second-order valence-corrected chi connectivity index (χ2v) is 4.58. The van der Waals surface area contributed by atoms with Gasteiger partial charge in [-0.15, -0.1) is 6.42 Å². The van der Waals surface area contributed by atoms with Crippen molar-refractivity contribution in [1.29, 1.82) is 0 Å². The monoisotopic (exact) mass is 221 g/mol. The zero-order valence-electron chi connectivity index (χ0n) is 9.54. The number of likely N-dealkylation sites (tertiary alicyclic amines) is 1. The second-order valence-electron chi connectivity index (χ2n) is 4.58. The molecule has 2 aliphatic heterocycles. The molecule has 2 atom stereocenters. The van der Waals surface area contributed by atoms with Crippen LogP contribution >= 0.6 is 0 Å². The molecule has 2 unspecified atom stereocenters. The van der Waals surface area contributed by atoms with Crippen LogP contribution in [0.1, 0.15) is 12.8 Å². The van der Waals surface area contributed by atoms with Gasteiger partial charge in [0.05, 0.1) is 13.1 Å². The Morgan fingerprint density at radius 1 is 1.56 bits per heavy atom. The zero-order valence-corrected chi connectivity index (χ0v) is 9.54. The average molecular weight is 221 g/mol. The number of nitrogens with one attached hydrogen (secondary N) is 2. The Morgan fingerprint density at radius 2 is 2.44 bits per heavy atom. The number of piperidine rings is 1. The van der Waals surface area contributed by atoms with Gasteiger partial charge >= 0.3 is 0 Å². The van der Waals surface area contributed by atoms with E-state index in [-0.39, 0.29) is 5.91 Å². The maximum Gasteiger partial charge on any atom is 0.234 e. The van der Waals surface area contributed by atoms with E-state index in [1.807, 2.05) is 0 Å². The molecule has 2 saturated heterocycles. The molecule has 4 nitrogen and oxygen atoms in total. The lowest BCUT2D eigenvalue weighted by Gasteiger charge is -2.36. The maximum atomic E-state index is 11.6. The van der Waals surface area contributed by atoms with Crippen molar-refractivity contribution in [3.05, 3.63) is 0 Å². The van der Waals surface area contributed by atoms with Gasteiger partial charge in [0.1, 0.15) is 0 Å². The summed E-state index contributed by atoms with van der Waals surface area (Å²) in [5.41, 5.74) is 0. The quantitative estimate of drug-likeness (QED) is 0.627. The van der Waals surface area contributed by atoms with E-state index in [2.05, 4.69) is 21.5 Å². The van der Waals surface area contributed by atoms with E-state index in [1.165, 1.54) is 12.8 Å². The van der Waals surface area contributed by atoms with E-state index < -0.39 is 0 Å². The van der Waals surface area contributed by atoms with Gasteiger partial charge in [0.15, 0.2) is 0 Å². The molecule has 0 bridgehead atoms. The first-order chi connectivity index (χ1) is 7.81. The van der Waals surface area contributed by atoms with Crippen molar-refractivity contribution in [3.63, 3.8) is 0 Å². The molecule has 88 valence electrons. The van der Waals surface area contributed by atoms with Crippen LogP contribution in [0.5, 0.6) is 0 Å². The molecule has 0 saturated carbocycles. The highest BCUT2D eigenvalue weighted by Gasteiger charge is 2.35. The summed E-state index contributed by atoms with van der Waals surface area (Å²) in [7, 11) is 0. The fourth-order valence-electron chi connectivity index (χ4n) is 2.75. The molecule has 0 aliphatic carbocycles. The highest BCUT2D eigenvalue weighted by atomic mass is 16.2. The van der Waals surface area contributed by atoms with Crippen LogP contribution in [-0.2, 0) is 4.79 Å². The van der Waals surface area contributed by atoms with E-state index in [0.29, 0.717) is 19.1 Å². The summed E-state index contributed by atoms with van der Waals surface area (Å²) in [6, 6.07) is 0.547. The molecule has 0 spiro atoms. The molecule has 2 heterocycles. The summed E-state index contributed by atoms with van der Waals surface area (Å²) in [4.78, 5) is 13.9. The Labute approximate surface area is 96.8 Å². The number of amides is 1. The van der Waals surface area contributed by atoms with Crippen LogP contribution in [-0.4, -0.2) is 49.6 Å². The highest BCUT2D eigenvalue weighted by molar-refractivity contribution is 5.78. The predicted octanol–water partition coefficient (Wildman–Crippen LogP) is -0.580. The standard InChI is InChI=1S/C12H19N3O/c1-2-5-14-12(16)9-15-6-3-4-10-7-13-8-11(10)15/h1,10-11,13H,3-9H2,(H,14,16). The number of rotatable bonds is 3. The average Bonchev–Trinajstić information content (AvgIpc) is 2.75. The van der Waals surface area contributed by atoms with Gasteiger partial charge in [-0.1, -0.05) is 5.92 Å². The molecule has 2 rings (SSSR count). The number of nitrogens with zero attached hydrogens (tertiary/aromatic N) is 1. The minimum Gasteiger partial charge on any atom is -0.344 e. The lowest BCUT2D eigenvalue weighted by molar-refractivity contribution is -0.123. The van der Waals surface area contributed by atoms with Crippen molar-refractivity contribution in [2.75, 3.05) is 32.7 Å². The number of carbonyl (C=O) groups excluding carboxylic acids is 1. The number of terminal acetylenes is 1. The summed E-state index contributed by atoms with van der Waals surface area (Å²) in [5.74, 6) is 3.20. The first-order valence-corrected chi connectivity index (χ1v) is 5.96. The van der Waals surface area contributed by atoms with Crippen LogP contribution in [0, 0.1) is 18.3 Å². The van der Waals surface area contributed by atoms with Gasteiger partial charge in [-0.2, -0.15) is 0 Å². The minimum absolute atomic E-state index is 0.0468. The summed E-state index contributed by atoms with van der Waals surface area (Å²) in [6.45, 7) is 3.98. The molecular weight excluding hydrogens is 202 g/mol. The van der Waals surface area contributed by atoms with Crippen molar-refractivity contribution in [2.45, 2.75) is 18.9 Å². The van der Waals surface area contributed by atoms with E-state index >= 15 is 0 Å². The Balaban J connectivity index is 1.84. The SMILES string of the molecule is C#CCNC(=O)CN1CCCC2CNCC21. The molecule has 0 aromatic carbocycles. The van der Waals surface area contributed by atoms with Crippen LogP contribution < -0.4 is 10.6 Å². The molecule has 16 heavy (non-hydrogen) atoms. The van der Waals surface area contributed by atoms with Crippen LogP contribution in [0.2, 0.25) is 0 Å². The first-order valence-electron chi connectivity index (χ1n) is 5.96. The summed E-state index contributed by atoms with van der Waals surface area (Å²) >= 11 is 0. The molecule has 1 amide bonds. The third-order valence-corrected chi connectivity index (χ3v) is 3.53. The van der Waals surface area contributed by atoms with E-state index in [1.54, 1.807) is 0 Å². The molecular formula is C12H19N3O. The lowest BCUT2D eigenvalue weighted by atomic mass is 9.92. The normalized spacial score (nSPS) is 29.4. The number of fused-ring (bicyclic) bond motifs is 1. The Kier molecular flexibility index (Phi) is 3.81. The van der Waals surface area contributed by atoms with Gasteiger partial charge in [-0.3, -0.25) is 9.69 Å². The maximum absolute atomic E-state index is 11.6. The Bertz CT molecular complexity index is 297. The molecule has 2 fully saturated rings. The van der Waals surface area contributed by atoms with Crippen molar-refractivity contribution < 1.29 is 4.79 Å². The number of hydrogen-bond acceptors (Lipinski definition) is 3. The number of hydrogen-bond donors (Lipinski definition) is 2. The van der Waals surface area contributed by atoms with Crippen LogP contribution in [0.4, 0.5) is 0 Å².